The molecule has 104 valence electrons. The molecule has 1 fully saturated rings. The highest BCUT2D eigenvalue weighted by molar-refractivity contribution is 7.90. The number of ether oxygens (including phenoxy) is 2. The van der Waals surface area contributed by atoms with E-state index in [4.69, 9.17) is 9.47 Å². The Balaban J connectivity index is 2.10. The fourth-order valence-corrected chi connectivity index (χ4v) is 3.67. The molecule has 1 atom stereocenters. The summed E-state index contributed by atoms with van der Waals surface area (Å²) < 4.78 is 34.6. The van der Waals surface area contributed by atoms with Crippen molar-refractivity contribution in [2.75, 3.05) is 26.1 Å². The Kier molecular flexibility index (Phi) is 3.14. The summed E-state index contributed by atoms with van der Waals surface area (Å²) in [6, 6.07) is 3.43. The molecule has 5 nitrogen and oxygen atoms in total. The first-order chi connectivity index (χ1) is 9.05. The summed E-state index contributed by atoms with van der Waals surface area (Å²) in [5, 5.41) is 3.31. The summed E-state index contributed by atoms with van der Waals surface area (Å²) in [4.78, 5) is 0.366. The van der Waals surface area contributed by atoms with Crippen LogP contribution in [0.2, 0.25) is 0 Å². The Morgan fingerprint density at radius 2 is 2.00 bits per heavy atom. The molecule has 0 bridgehead atoms. The van der Waals surface area contributed by atoms with Gasteiger partial charge in [-0.2, -0.15) is 0 Å². The second kappa shape index (κ2) is 4.68. The van der Waals surface area contributed by atoms with Gasteiger partial charge in [0.2, 0.25) is 6.79 Å². The minimum Gasteiger partial charge on any atom is -0.454 e. The lowest BCUT2D eigenvalue weighted by molar-refractivity contribution is 0.174. The fraction of sp³-hybridized carbons (Fsp3) is 0.538. The van der Waals surface area contributed by atoms with Crippen molar-refractivity contribution in [1.82, 2.24) is 5.32 Å². The molecule has 2 heterocycles. The average Bonchev–Trinajstić information content (AvgIpc) is 2.84. The van der Waals surface area contributed by atoms with Gasteiger partial charge in [0, 0.05) is 18.9 Å². The molecule has 1 aromatic rings. The number of hydrogen-bond acceptors (Lipinski definition) is 5. The Morgan fingerprint density at radius 1 is 1.26 bits per heavy atom. The Morgan fingerprint density at radius 3 is 2.63 bits per heavy atom. The molecule has 0 saturated carbocycles. The lowest BCUT2D eigenvalue weighted by Crippen LogP contribution is -2.29. The minimum atomic E-state index is -3.27. The van der Waals surface area contributed by atoms with Crippen molar-refractivity contribution in [1.29, 1.82) is 0 Å². The van der Waals surface area contributed by atoms with E-state index >= 15 is 0 Å². The zero-order valence-corrected chi connectivity index (χ0v) is 11.6. The van der Waals surface area contributed by atoms with Gasteiger partial charge in [0.05, 0.1) is 4.90 Å². The van der Waals surface area contributed by atoms with Crippen LogP contribution in [0.15, 0.2) is 17.0 Å². The predicted octanol–water partition coefficient (Wildman–Crippen LogP) is 1.29. The van der Waals surface area contributed by atoms with Crippen LogP contribution < -0.4 is 14.8 Å². The molecule has 2 aliphatic rings. The standard InChI is InChI=1S/C13H17NO4S/c1-19(15,16)13-6-12-11(17-8-18-12)5-10(13)9-3-2-4-14-7-9/h5-6,9,14H,2-4,7-8H2,1H3. The van der Waals surface area contributed by atoms with E-state index in [1.807, 2.05) is 6.07 Å². The Labute approximate surface area is 112 Å². The number of hydrogen-bond donors (Lipinski definition) is 1. The molecular weight excluding hydrogens is 266 g/mol. The van der Waals surface area contributed by atoms with E-state index in [2.05, 4.69) is 5.32 Å². The lowest BCUT2D eigenvalue weighted by Gasteiger charge is -2.25. The highest BCUT2D eigenvalue weighted by Crippen LogP contribution is 2.40. The van der Waals surface area contributed by atoms with E-state index in [1.54, 1.807) is 6.07 Å². The number of sulfone groups is 1. The van der Waals surface area contributed by atoms with Gasteiger partial charge in [0.15, 0.2) is 21.3 Å². The van der Waals surface area contributed by atoms with Gasteiger partial charge in [-0.3, -0.25) is 0 Å². The van der Waals surface area contributed by atoms with Crippen molar-refractivity contribution in [3.63, 3.8) is 0 Å². The molecule has 0 aliphatic carbocycles. The van der Waals surface area contributed by atoms with E-state index in [1.165, 1.54) is 6.26 Å². The van der Waals surface area contributed by atoms with Crippen molar-refractivity contribution in [3.8, 4) is 11.5 Å². The monoisotopic (exact) mass is 283 g/mol. The van der Waals surface area contributed by atoms with Gasteiger partial charge in [0.1, 0.15) is 0 Å². The SMILES string of the molecule is CS(=O)(=O)c1cc2c(cc1C1CCCNC1)OCO2. The first kappa shape index (κ1) is 12.7. The zero-order valence-electron chi connectivity index (χ0n) is 10.8. The van der Waals surface area contributed by atoms with Crippen LogP contribution in [0.4, 0.5) is 0 Å². The van der Waals surface area contributed by atoms with Crippen molar-refractivity contribution in [2.45, 2.75) is 23.7 Å². The third-order valence-electron chi connectivity index (χ3n) is 3.64. The van der Waals surface area contributed by atoms with Crippen LogP contribution >= 0.6 is 0 Å². The highest BCUT2D eigenvalue weighted by atomic mass is 32.2. The van der Waals surface area contributed by atoms with Crippen LogP contribution in [0, 0.1) is 0 Å². The normalized spacial score (nSPS) is 22.5. The molecule has 1 aromatic carbocycles. The Hall–Kier alpha value is -1.27. The maximum absolute atomic E-state index is 12.0. The Bertz CT molecular complexity index is 591. The first-order valence-corrected chi connectivity index (χ1v) is 8.29. The molecule has 1 saturated heterocycles. The predicted molar refractivity (Wildman–Crippen MR) is 70.5 cm³/mol. The van der Waals surface area contributed by atoms with Crippen LogP contribution in [-0.4, -0.2) is 34.6 Å². The smallest absolute Gasteiger partial charge is 0.231 e. The molecule has 1 unspecified atom stereocenters. The lowest BCUT2D eigenvalue weighted by atomic mass is 9.91. The van der Waals surface area contributed by atoms with Crippen molar-refractivity contribution >= 4 is 9.84 Å². The molecule has 19 heavy (non-hydrogen) atoms. The molecule has 3 rings (SSSR count). The van der Waals surface area contributed by atoms with Crippen molar-refractivity contribution < 1.29 is 17.9 Å². The van der Waals surface area contributed by atoms with E-state index in [-0.39, 0.29) is 12.7 Å². The number of nitrogens with one attached hydrogen (secondary N) is 1. The molecule has 6 heteroatoms. The topological polar surface area (TPSA) is 64.6 Å². The summed E-state index contributed by atoms with van der Waals surface area (Å²) >= 11 is 0. The maximum Gasteiger partial charge on any atom is 0.231 e. The number of piperidine rings is 1. The fourth-order valence-electron chi connectivity index (χ4n) is 2.70. The highest BCUT2D eigenvalue weighted by Gasteiger charge is 2.27. The van der Waals surface area contributed by atoms with E-state index in [0.717, 1.165) is 31.5 Å². The summed E-state index contributed by atoms with van der Waals surface area (Å²) in [5.74, 6) is 1.38. The van der Waals surface area contributed by atoms with Crippen LogP contribution in [0.1, 0.15) is 24.3 Å². The third kappa shape index (κ3) is 2.42. The molecule has 2 aliphatic heterocycles. The molecule has 0 aromatic heterocycles. The van der Waals surface area contributed by atoms with Crippen LogP contribution in [-0.2, 0) is 9.84 Å². The summed E-state index contributed by atoms with van der Waals surface area (Å²) in [6.07, 6.45) is 3.29. The van der Waals surface area contributed by atoms with Gasteiger partial charge in [-0.05, 0) is 36.9 Å². The van der Waals surface area contributed by atoms with Gasteiger partial charge < -0.3 is 14.8 Å². The van der Waals surface area contributed by atoms with Crippen LogP contribution in [0.3, 0.4) is 0 Å². The number of rotatable bonds is 2. The van der Waals surface area contributed by atoms with Gasteiger partial charge in [-0.1, -0.05) is 0 Å². The summed E-state index contributed by atoms with van der Waals surface area (Å²) in [6.45, 7) is 1.96. The molecule has 1 N–H and O–H groups in total. The van der Waals surface area contributed by atoms with E-state index < -0.39 is 9.84 Å². The van der Waals surface area contributed by atoms with Crippen LogP contribution in [0.5, 0.6) is 11.5 Å². The largest absolute Gasteiger partial charge is 0.454 e. The zero-order chi connectivity index (χ0) is 13.5. The molecular formula is C13H17NO4S. The first-order valence-electron chi connectivity index (χ1n) is 6.40. The third-order valence-corrected chi connectivity index (χ3v) is 4.79. The maximum atomic E-state index is 12.0. The second-order valence-corrected chi connectivity index (χ2v) is 7.04. The van der Waals surface area contributed by atoms with Crippen molar-refractivity contribution in [2.24, 2.45) is 0 Å². The summed E-state index contributed by atoms with van der Waals surface area (Å²) in [7, 11) is -3.27. The van der Waals surface area contributed by atoms with Gasteiger partial charge >= 0.3 is 0 Å². The van der Waals surface area contributed by atoms with E-state index in [0.29, 0.717) is 16.4 Å². The van der Waals surface area contributed by atoms with Gasteiger partial charge in [-0.25, -0.2) is 8.42 Å². The summed E-state index contributed by atoms with van der Waals surface area (Å²) in [5.41, 5.74) is 0.846. The second-order valence-electron chi connectivity index (χ2n) is 5.06. The molecule has 0 radical (unpaired) electrons. The molecule has 0 spiro atoms. The average molecular weight is 283 g/mol. The van der Waals surface area contributed by atoms with Crippen LogP contribution in [0.25, 0.3) is 0 Å². The number of benzene rings is 1. The molecule has 0 amide bonds. The van der Waals surface area contributed by atoms with E-state index in [9.17, 15) is 8.42 Å². The van der Waals surface area contributed by atoms with Crippen molar-refractivity contribution in [3.05, 3.63) is 17.7 Å². The number of fused-ring (bicyclic) bond motifs is 1. The quantitative estimate of drug-likeness (QED) is 0.886. The van der Waals surface area contributed by atoms with Gasteiger partial charge in [0.25, 0.3) is 0 Å². The van der Waals surface area contributed by atoms with Gasteiger partial charge in [-0.15, -0.1) is 0 Å². The minimum absolute atomic E-state index is 0.158.